The lowest BCUT2D eigenvalue weighted by Crippen LogP contribution is -2.26. The van der Waals surface area contributed by atoms with E-state index in [0.29, 0.717) is 0 Å². The quantitative estimate of drug-likeness (QED) is 0.801. The molecule has 0 fully saturated rings. The Morgan fingerprint density at radius 2 is 2.33 bits per heavy atom. The van der Waals surface area contributed by atoms with Gasteiger partial charge in [0, 0.05) is 7.05 Å². The van der Waals surface area contributed by atoms with Crippen molar-refractivity contribution >= 4 is 32.3 Å². The average molecular weight is 245 g/mol. The summed E-state index contributed by atoms with van der Waals surface area (Å²) in [4.78, 5) is 1.95. The Bertz CT molecular complexity index is 302. The van der Waals surface area contributed by atoms with Crippen molar-refractivity contribution < 1.29 is 0 Å². The summed E-state index contributed by atoms with van der Waals surface area (Å²) in [7, 11) is 1.92. The summed E-state index contributed by atoms with van der Waals surface area (Å²) in [5.41, 5.74) is 0. The van der Waals surface area contributed by atoms with Gasteiger partial charge in [-0.2, -0.15) is 5.26 Å². The standard InChI is InChI=1S/C8H9BrN2S/c1-6(5-10)11(2)8-4-3-7(9)12-8/h3-4,6H,1-2H3. The molecular weight excluding hydrogens is 236 g/mol. The van der Waals surface area contributed by atoms with Gasteiger partial charge in [-0.25, -0.2) is 0 Å². The minimum atomic E-state index is -0.0736. The van der Waals surface area contributed by atoms with Gasteiger partial charge in [0.1, 0.15) is 6.04 Å². The number of rotatable bonds is 2. The summed E-state index contributed by atoms with van der Waals surface area (Å²) in [5.74, 6) is 0. The Kier molecular flexibility index (Phi) is 3.12. The molecule has 1 aromatic rings. The lowest BCUT2D eigenvalue weighted by molar-refractivity contribution is 0.844. The van der Waals surface area contributed by atoms with Crippen molar-refractivity contribution in [2.45, 2.75) is 13.0 Å². The molecule has 0 saturated heterocycles. The smallest absolute Gasteiger partial charge is 0.114 e. The molecule has 1 heterocycles. The van der Waals surface area contributed by atoms with Gasteiger partial charge in [0.05, 0.1) is 14.9 Å². The van der Waals surface area contributed by atoms with Crippen LogP contribution in [0.3, 0.4) is 0 Å². The van der Waals surface area contributed by atoms with Gasteiger partial charge in [0.2, 0.25) is 0 Å². The molecule has 64 valence electrons. The first-order chi connectivity index (χ1) is 5.65. The molecule has 2 nitrogen and oxygen atoms in total. The van der Waals surface area contributed by atoms with Crippen LogP contribution < -0.4 is 4.90 Å². The molecule has 0 aliphatic heterocycles. The van der Waals surface area contributed by atoms with Crippen molar-refractivity contribution in [3.63, 3.8) is 0 Å². The highest BCUT2D eigenvalue weighted by molar-refractivity contribution is 9.11. The Hall–Kier alpha value is -0.530. The Morgan fingerprint density at radius 1 is 1.67 bits per heavy atom. The minimum absolute atomic E-state index is 0.0736. The molecule has 0 radical (unpaired) electrons. The van der Waals surface area contributed by atoms with Crippen LogP contribution in [0.4, 0.5) is 5.00 Å². The highest BCUT2D eigenvalue weighted by Gasteiger charge is 2.09. The normalized spacial score (nSPS) is 12.2. The maximum Gasteiger partial charge on any atom is 0.114 e. The molecule has 0 aliphatic rings. The van der Waals surface area contributed by atoms with E-state index in [-0.39, 0.29) is 6.04 Å². The topological polar surface area (TPSA) is 27.0 Å². The number of halogens is 1. The molecule has 1 aromatic heterocycles. The Balaban J connectivity index is 2.79. The third-order valence-corrected chi connectivity index (χ3v) is 3.39. The van der Waals surface area contributed by atoms with E-state index in [0.717, 1.165) is 8.79 Å². The number of anilines is 1. The minimum Gasteiger partial charge on any atom is -0.351 e. The molecule has 0 bridgehead atoms. The molecule has 12 heavy (non-hydrogen) atoms. The summed E-state index contributed by atoms with van der Waals surface area (Å²) in [6, 6.07) is 6.11. The number of nitrogens with zero attached hydrogens (tertiary/aromatic N) is 2. The van der Waals surface area contributed by atoms with Crippen molar-refractivity contribution in [1.82, 2.24) is 0 Å². The number of nitriles is 1. The molecule has 1 atom stereocenters. The van der Waals surface area contributed by atoms with Crippen molar-refractivity contribution in [2.24, 2.45) is 0 Å². The van der Waals surface area contributed by atoms with Gasteiger partial charge >= 0.3 is 0 Å². The molecule has 0 aromatic carbocycles. The van der Waals surface area contributed by atoms with Gasteiger partial charge in [0.15, 0.2) is 0 Å². The van der Waals surface area contributed by atoms with Gasteiger partial charge in [-0.3, -0.25) is 0 Å². The van der Waals surface area contributed by atoms with Crippen LogP contribution in [-0.2, 0) is 0 Å². The number of hydrogen-bond donors (Lipinski definition) is 0. The van der Waals surface area contributed by atoms with Crippen molar-refractivity contribution in [1.29, 1.82) is 5.26 Å². The lowest BCUT2D eigenvalue weighted by atomic mass is 10.3. The van der Waals surface area contributed by atoms with E-state index in [2.05, 4.69) is 22.0 Å². The Labute approximate surface area is 84.6 Å². The van der Waals surface area contributed by atoms with E-state index in [1.54, 1.807) is 11.3 Å². The fourth-order valence-electron chi connectivity index (χ4n) is 0.772. The van der Waals surface area contributed by atoms with Gasteiger partial charge in [-0.1, -0.05) is 0 Å². The molecule has 0 saturated carbocycles. The highest BCUT2D eigenvalue weighted by Crippen LogP contribution is 2.29. The van der Waals surface area contributed by atoms with Crippen molar-refractivity contribution in [3.8, 4) is 6.07 Å². The van der Waals surface area contributed by atoms with Crippen LogP contribution in [0, 0.1) is 11.3 Å². The second-order valence-electron chi connectivity index (χ2n) is 2.49. The van der Waals surface area contributed by atoms with E-state index in [1.165, 1.54) is 0 Å². The zero-order valence-corrected chi connectivity index (χ0v) is 9.32. The van der Waals surface area contributed by atoms with Crippen molar-refractivity contribution in [2.75, 3.05) is 11.9 Å². The second-order valence-corrected chi connectivity index (χ2v) is 4.94. The van der Waals surface area contributed by atoms with E-state index in [1.807, 2.05) is 31.0 Å². The zero-order chi connectivity index (χ0) is 9.14. The third kappa shape index (κ3) is 1.99. The SMILES string of the molecule is CC(C#N)N(C)c1ccc(Br)s1. The summed E-state index contributed by atoms with van der Waals surface area (Å²) in [5, 5.41) is 9.78. The molecule has 4 heteroatoms. The first-order valence-electron chi connectivity index (χ1n) is 3.53. The largest absolute Gasteiger partial charge is 0.351 e. The van der Waals surface area contributed by atoms with Crippen LogP contribution >= 0.6 is 27.3 Å². The van der Waals surface area contributed by atoms with E-state index >= 15 is 0 Å². The third-order valence-electron chi connectivity index (χ3n) is 1.67. The van der Waals surface area contributed by atoms with Gasteiger partial charge in [-0.05, 0) is 35.0 Å². The first-order valence-corrected chi connectivity index (χ1v) is 5.14. The maximum absolute atomic E-state index is 8.67. The van der Waals surface area contributed by atoms with Crippen molar-refractivity contribution in [3.05, 3.63) is 15.9 Å². The highest BCUT2D eigenvalue weighted by atomic mass is 79.9. The fraction of sp³-hybridized carbons (Fsp3) is 0.375. The summed E-state index contributed by atoms with van der Waals surface area (Å²) in [6.07, 6.45) is 0. The summed E-state index contributed by atoms with van der Waals surface area (Å²) >= 11 is 5.01. The van der Waals surface area contributed by atoms with E-state index in [4.69, 9.17) is 5.26 Å². The monoisotopic (exact) mass is 244 g/mol. The van der Waals surface area contributed by atoms with Crippen LogP contribution in [0.5, 0.6) is 0 Å². The van der Waals surface area contributed by atoms with Gasteiger partial charge < -0.3 is 4.90 Å². The lowest BCUT2D eigenvalue weighted by Gasteiger charge is -2.18. The fourth-order valence-corrected chi connectivity index (χ4v) is 2.18. The van der Waals surface area contributed by atoms with Crippen LogP contribution in [0.2, 0.25) is 0 Å². The summed E-state index contributed by atoms with van der Waals surface area (Å²) in [6.45, 7) is 1.88. The van der Waals surface area contributed by atoms with Crippen LogP contribution in [0.15, 0.2) is 15.9 Å². The van der Waals surface area contributed by atoms with Crippen LogP contribution in [-0.4, -0.2) is 13.1 Å². The first kappa shape index (κ1) is 9.56. The van der Waals surface area contributed by atoms with Crippen LogP contribution in [0.25, 0.3) is 0 Å². The number of thiophene rings is 1. The van der Waals surface area contributed by atoms with E-state index in [9.17, 15) is 0 Å². The molecule has 1 unspecified atom stereocenters. The summed E-state index contributed by atoms with van der Waals surface area (Å²) < 4.78 is 1.09. The predicted molar refractivity (Wildman–Crippen MR) is 55.5 cm³/mol. The molecule has 0 aliphatic carbocycles. The van der Waals surface area contributed by atoms with Gasteiger partial charge in [0.25, 0.3) is 0 Å². The number of hydrogen-bond acceptors (Lipinski definition) is 3. The van der Waals surface area contributed by atoms with Gasteiger partial charge in [-0.15, -0.1) is 11.3 Å². The van der Waals surface area contributed by atoms with E-state index < -0.39 is 0 Å². The second kappa shape index (κ2) is 3.92. The average Bonchev–Trinajstić information content (AvgIpc) is 2.49. The Morgan fingerprint density at radius 3 is 2.75 bits per heavy atom. The molecule has 0 spiro atoms. The molecular formula is C8H9BrN2S. The van der Waals surface area contributed by atoms with Crippen LogP contribution in [0.1, 0.15) is 6.92 Å². The molecule has 0 N–H and O–H groups in total. The maximum atomic E-state index is 8.67. The predicted octanol–water partition coefficient (Wildman–Crippen LogP) is 2.86. The molecule has 0 amide bonds. The zero-order valence-electron chi connectivity index (χ0n) is 6.91. The molecule has 1 rings (SSSR count).